The van der Waals surface area contributed by atoms with Crippen molar-refractivity contribution in [1.82, 2.24) is 15.1 Å². The molecule has 1 unspecified atom stereocenters. The van der Waals surface area contributed by atoms with Crippen molar-refractivity contribution in [3.63, 3.8) is 0 Å². The zero-order valence-electron chi connectivity index (χ0n) is 16.9. The molecule has 1 aromatic heterocycles. The first-order chi connectivity index (χ1) is 14.5. The molecule has 0 saturated carbocycles. The highest BCUT2D eigenvalue weighted by Crippen LogP contribution is 2.34. The number of urea groups is 1. The third kappa shape index (κ3) is 4.33. The van der Waals surface area contributed by atoms with Gasteiger partial charge in [-0.25, -0.2) is 4.79 Å². The van der Waals surface area contributed by atoms with Crippen molar-refractivity contribution in [2.75, 3.05) is 17.2 Å². The van der Waals surface area contributed by atoms with E-state index in [2.05, 4.69) is 20.8 Å². The summed E-state index contributed by atoms with van der Waals surface area (Å²) in [5, 5.41) is 15.1. The van der Waals surface area contributed by atoms with Crippen molar-refractivity contribution in [2.45, 2.75) is 32.7 Å². The Morgan fingerprint density at radius 1 is 1.03 bits per heavy atom. The van der Waals surface area contributed by atoms with Crippen LogP contribution >= 0.6 is 11.3 Å². The number of amides is 3. The van der Waals surface area contributed by atoms with Crippen LogP contribution in [0.25, 0.3) is 0 Å². The third-order valence-electron chi connectivity index (χ3n) is 5.13. The van der Waals surface area contributed by atoms with Gasteiger partial charge < -0.3 is 15.5 Å². The highest BCUT2D eigenvalue weighted by molar-refractivity contribution is 7.13. The number of aryl methyl sites for hydroxylation is 2. The Kier molecular flexibility index (Phi) is 5.76. The summed E-state index contributed by atoms with van der Waals surface area (Å²) in [6.07, 6.45) is 1.69. The smallest absolute Gasteiger partial charge is 0.320 e. The van der Waals surface area contributed by atoms with Crippen molar-refractivity contribution in [3.8, 4) is 0 Å². The van der Waals surface area contributed by atoms with Gasteiger partial charge >= 0.3 is 6.03 Å². The molecule has 2 N–H and O–H groups in total. The van der Waals surface area contributed by atoms with Crippen LogP contribution in [-0.2, 0) is 0 Å². The van der Waals surface area contributed by atoms with Crippen LogP contribution in [0, 0.1) is 13.8 Å². The SMILES string of the molecule is Cc1ccc(NC(=O)c2nnc(C3CCCN3C(=O)Nc3ccccc3C)s2)cc1. The second kappa shape index (κ2) is 8.62. The molecule has 0 bridgehead atoms. The van der Waals surface area contributed by atoms with E-state index in [1.807, 2.05) is 62.4 Å². The standard InChI is InChI=1S/C22H23N5O2S/c1-14-9-11-16(12-10-14)23-19(28)21-26-25-20(30-21)18-8-5-13-27(18)22(29)24-17-7-4-3-6-15(17)2/h3-4,6-7,9-12,18H,5,8,13H2,1-2H3,(H,23,28)(H,24,29). The van der Waals surface area contributed by atoms with Crippen LogP contribution in [0.1, 0.15) is 44.8 Å². The van der Waals surface area contributed by atoms with E-state index >= 15 is 0 Å². The minimum absolute atomic E-state index is 0.160. The Hall–Kier alpha value is -3.26. The van der Waals surface area contributed by atoms with Gasteiger partial charge in [0.2, 0.25) is 5.01 Å². The van der Waals surface area contributed by atoms with Gasteiger partial charge in [0, 0.05) is 17.9 Å². The van der Waals surface area contributed by atoms with E-state index in [1.165, 1.54) is 11.3 Å². The van der Waals surface area contributed by atoms with Crippen LogP contribution in [0.3, 0.4) is 0 Å². The van der Waals surface area contributed by atoms with E-state index in [1.54, 1.807) is 4.90 Å². The number of rotatable bonds is 4. The molecule has 8 heteroatoms. The summed E-state index contributed by atoms with van der Waals surface area (Å²) in [5.74, 6) is -0.295. The zero-order valence-corrected chi connectivity index (χ0v) is 17.7. The predicted octanol–water partition coefficient (Wildman–Crippen LogP) is 4.78. The van der Waals surface area contributed by atoms with Crippen molar-refractivity contribution in [2.24, 2.45) is 0 Å². The number of likely N-dealkylation sites (tertiary alicyclic amines) is 1. The molecule has 1 saturated heterocycles. The van der Waals surface area contributed by atoms with Crippen LogP contribution < -0.4 is 10.6 Å². The van der Waals surface area contributed by atoms with Gasteiger partial charge in [0.1, 0.15) is 5.01 Å². The van der Waals surface area contributed by atoms with E-state index in [-0.39, 0.29) is 23.0 Å². The van der Waals surface area contributed by atoms with E-state index in [4.69, 9.17) is 0 Å². The summed E-state index contributed by atoms with van der Waals surface area (Å²) in [7, 11) is 0. The molecule has 2 aromatic carbocycles. The van der Waals surface area contributed by atoms with Gasteiger partial charge in [-0.15, -0.1) is 10.2 Å². The molecule has 1 fully saturated rings. The Morgan fingerprint density at radius 3 is 2.57 bits per heavy atom. The summed E-state index contributed by atoms with van der Waals surface area (Å²) >= 11 is 1.24. The largest absolute Gasteiger partial charge is 0.322 e. The van der Waals surface area contributed by atoms with Crippen molar-refractivity contribution in [3.05, 3.63) is 69.7 Å². The van der Waals surface area contributed by atoms with Gasteiger partial charge in [0.05, 0.1) is 6.04 Å². The Bertz CT molecular complexity index is 1060. The highest BCUT2D eigenvalue weighted by atomic mass is 32.1. The number of hydrogen-bond acceptors (Lipinski definition) is 5. The number of benzene rings is 2. The topological polar surface area (TPSA) is 87.2 Å². The fraction of sp³-hybridized carbons (Fsp3) is 0.273. The maximum absolute atomic E-state index is 12.9. The van der Waals surface area contributed by atoms with Crippen LogP contribution in [0.5, 0.6) is 0 Å². The highest BCUT2D eigenvalue weighted by Gasteiger charge is 2.33. The van der Waals surface area contributed by atoms with Gasteiger partial charge in [-0.2, -0.15) is 0 Å². The van der Waals surface area contributed by atoms with Gasteiger partial charge in [0.15, 0.2) is 0 Å². The quantitative estimate of drug-likeness (QED) is 0.635. The Balaban J connectivity index is 1.45. The lowest BCUT2D eigenvalue weighted by Crippen LogP contribution is -2.34. The molecule has 0 aliphatic carbocycles. The molecular weight excluding hydrogens is 398 g/mol. The summed E-state index contributed by atoms with van der Waals surface area (Å²) < 4.78 is 0. The molecule has 7 nitrogen and oxygen atoms in total. The molecule has 4 rings (SSSR count). The Labute approximate surface area is 179 Å². The first kappa shape index (κ1) is 20.0. The van der Waals surface area contributed by atoms with Gasteiger partial charge in [-0.1, -0.05) is 47.2 Å². The average Bonchev–Trinajstić information content (AvgIpc) is 3.40. The molecule has 154 valence electrons. The Morgan fingerprint density at radius 2 is 1.80 bits per heavy atom. The van der Waals surface area contributed by atoms with Gasteiger partial charge in [-0.3, -0.25) is 4.79 Å². The lowest BCUT2D eigenvalue weighted by atomic mass is 10.2. The minimum atomic E-state index is -0.295. The van der Waals surface area contributed by atoms with E-state index < -0.39 is 0 Å². The summed E-state index contributed by atoms with van der Waals surface area (Å²) in [4.78, 5) is 27.1. The molecule has 1 aliphatic rings. The van der Waals surface area contributed by atoms with Crippen molar-refractivity contribution >= 4 is 34.6 Å². The van der Waals surface area contributed by atoms with Gasteiger partial charge in [-0.05, 0) is 50.5 Å². The number of nitrogens with one attached hydrogen (secondary N) is 2. The fourth-order valence-electron chi connectivity index (χ4n) is 3.45. The lowest BCUT2D eigenvalue weighted by Gasteiger charge is -2.23. The van der Waals surface area contributed by atoms with Crippen LogP contribution in [-0.4, -0.2) is 33.6 Å². The average molecular weight is 422 g/mol. The molecule has 2 heterocycles. The number of hydrogen-bond donors (Lipinski definition) is 2. The maximum Gasteiger partial charge on any atom is 0.322 e. The number of anilines is 2. The molecule has 1 aliphatic heterocycles. The van der Waals surface area contributed by atoms with E-state index in [9.17, 15) is 9.59 Å². The lowest BCUT2D eigenvalue weighted by molar-refractivity contribution is 0.102. The molecular formula is C22H23N5O2S. The number of carbonyl (C=O) groups is 2. The molecule has 3 aromatic rings. The molecule has 0 spiro atoms. The molecule has 0 radical (unpaired) electrons. The van der Waals surface area contributed by atoms with Crippen molar-refractivity contribution < 1.29 is 9.59 Å². The van der Waals surface area contributed by atoms with Gasteiger partial charge in [0.25, 0.3) is 5.91 Å². The van der Waals surface area contributed by atoms with Crippen LogP contribution in [0.4, 0.5) is 16.2 Å². The predicted molar refractivity (Wildman–Crippen MR) is 118 cm³/mol. The minimum Gasteiger partial charge on any atom is -0.320 e. The van der Waals surface area contributed by atoms with Crippen LogP contribution in [0.15, 0.2) is 48.5 Å². The second-order valence-corrected chi connectivity index (χ2v) is 8.37. The zero-order chi connectivity index (χ0) is 21.1. The molecule has 3 amide bonds. The summed E-state index contributed by atoms with van der Waals surface area (Å²) in [5.41, 5.74) is 3.63. The molecule has 30 heavy (non-hydrogen) atoms. The van der Waals surface area contributed by atoms with E-state index in [0.717, 1.165) is 29.7 Å². The normalized spacial score (nSPS) is 15.8. The van der Waals surface area contributed by atoms with E-state index in [0.29, 0.717) is 17.2 Å². The second-order valence-electron chi connectivity index (χ2n) is 7.36. The first-order valence-electron chi connectivity index (χ1n) is 9.86. The fourth-order valence-corrected chi connectivity index (χ4v) is 4.34. The molecule has 1 atom stereocenters. The number of carbonyl (C=O) groups excluding carboxylic acids is 2. The van der Waals surface area contributed by atoms with Crippen molar-refractivity contribution in [1.29, 1.82) is 0 Å². The number of para-hydroxylation sites is 1. The first-order valence-corrected chi connectivity index (χ1v) is 10.7. The maximum atomic E-state index is 12.9. The van der Waals surface area contributed by atoms with Crippen LogP contribution in [0.2, 0.25) is 0 Å². The number of nitrogens with zero attached hydrogens (tertiary/aromatic N) is 3. The monoisotopic (exact) mass is 421 g/mol. The summed E-state index contributed by atoms with van der Waals surface area (Å²) in [6.45, 7) is 4.60. The number of aromatic nitrogens is 2. The summed E-state index contributed by atoms with van der Waals surface area (Å²) in [6, 6.07) is 14.9. The third-order valence-corrected chi connectivity index (χ3v) is 6.15.